The van der Waals surface area contributed by atoms with Gasteiger partial charge in [0.25, 0.3) is 5.91 Å². The quantitative estimate of drug-likeness (QED) is 0.882. The Kier molecular flexibility index (Phi) is 4.85. The summed E-state index contributed by atoms with van der Waals surface area (Å²) in [6.07, 6.45) is 0.668. The van der Waals surface area contributed by atoms with Crippen LogP contribution in [0.15, 0.2) is 54.6 Å². The van der Waals surface area contributed by atoms with Crippen LogP contribution in [0.1, 0.15) is 22.3 Å². The Hall–Kier alpha value is -2.67. The molecule has 2 aromatic carbocycles. The van der Waals surface area contributed by atoms with Crippen molar-refractivity contribution >= 4 is 27.5 Å². The molecule has 0 aromatic heterocycles. The van der Waals surface area contributed by atoms with Crippen LogP contribution in [-0.2, 0) is 21.2 Å². The van der Waals surface area contributed by atoms with Crippen molar-refractivity contribution in [3.05, 3.63) is 65.7 Å². The van der Waals surface area contributed by atoms with Gasteiger partial charge in [0, 0.05) is 18.5 Å². The number of hydrogen-bond acceptors (Lipinski definition) is 4. The molecule has 2 aromatic rings. The van der Waals surface area contributed by atoms with Crippen molar-refractivity contribution < 1.29 is 18.0 Å². The second-order valence-corrected chi connectivity index (χ2v) is 7.70. The van der Waals surface area contributed by atoms with Crippen molar-refractivity contribution in [3.63, 3.8) is 0 Å². The Morgan fingerprint density at radius 2 is 1.84 bits per heavy atom. The summed E-state index contributed by atoms with van der Waals surface area (Å²) in [6.45, 7) is 0.466. The standard InChI is InChI=1S/C18H18N2O4S/c21-17-10-12-25(23,24)20(17)16-8-4-7-15(13-16)18(22)19-11-9-14-5-2-1-3-6-14/h1-8,13H,9-12H2,(H,19,22). The first kappa shape index (κ1) is 17.2. The van der Waals surface area contributed by atoms with Gasteiger partial charge in [0.05, 0.1) is 11.4 Å². The zero-order valence-electron chi connectivity index (χ0n) is 13.5. The van der Waals surface area contributed by atoms with Crippen molar-refractivity contribution in [2.45, 2.75) is 12.8 Å². The maximum atomic E-state index is 12.3. The van der Waals surface area contributed by atoms with Gasteiger partial charge >= 0.3 is 0 Å². The molecule has 1 saturated heterocycles. The molecule has 0 bridgehead atoms. The third-order valence-corrected chi connectivity index (χ3v) is 5.65. The number of carbonyl (C=O) groups excluding carboxylic acids is 2. The number of nitrogens with one attached hydrogen (secondary N) is 1. The summed E-state index contributed by atoms with van der Waals surface area (Å²) in [5, 5.41) is 2.81. The minimum Gasteiger partial charge on any atom is -0.352 e. The van der Waals surface area contributed by atoms with Gasteiger partial charge < -0.3 is 5.32 Å². The maximum Gasteiger partial charge on any atom is 0.251 e. The van der Waals surface area contributed by atoms with E-state index >= 15 is 0 Å². The van der Waals surface area contributed by atoms with E-state index in [1.54, 1.807) is 12.1 Å². The molecule has 2 amide bonds. The van der Waals surface area contributed by atoms with E-state index < -0.39 is 15.9 Å². The van der Waals surface area contributed by atoms with E-state index in [4.69, 9.17) is 0 Å². The molecule has 0 unspecified atom stereocenters. The molecule has 1 N–H and O–H groups in total. The normalized spacial score (nSPS) is 16.0. The molecule has 0 atom stereocenters. The summed E-state index contributed by atoms with van der Waals surface area (Å²) in [4.78, 5) is 24.1. The predicted molar refractivity (Wildman–Crippen MR) is 94.8 cm³/mol. The highest BCUT2D eigenvalue weighted by atomic mass is 32.2. The smallest absolute Gasteiger partial charge is 0.251 e. The van der Waals surface area contributed by atoms with E-state index in [1.165, 1.54) is 12.1 Å². The van der Waals surface area contributed by atoms with Gasteiger partial charge in [-0.25, -0.2) is 12.7 Å². The molecule has 7 heteroatoms. The highest BCUT2D eigenvalue weighted by Gasteiger charge is 2.36. The summed E-state index contributed by atoms with van der Waals surface area (Å²) in [6, 6.07) is 15.9. The number of hydrogen-bond donors (Lipinski definition) is 1. The molecule has 0 radical (unpaired) electrons. The van der Waals surface area contributed by atoms with Crippen molar-refractivity contribution in [1.29, 1.82) is 0 Å². The molecule has 6 nitrogen and oxygen atoms in total. The van der Waals surface area contributed by atoms with Gasteiger partial charge in [-0.2, -0.15) is 0 Å². The lowest BCUT2D eigenvalue weighted by Gasteiger charge is -2.15. The van der Waals surface area contributed by atoms with Crippen molar-refractivity contribution in [1.82, 2.24) is 5.32 Å². The third-order valence-electron chi connectivity index (χ3n) is 3.96. The molecular formula is C18H18N2O4S. The molecule has 3 rings (SSSR count). The number of anilines is 1. The van der Waals surface area contributed by atoms with Crippen LogP contribution in [0.4, 0.5) is 5.69 Å². The summed E-state index contributed by atoms with van der Waals surface area (Å²) in [7, 11) is -3.63. The number of rotatable bonds is 5. The summed E-state index contributed by atoms with van der Waals surface area (Å²) >= 11 is 0. The van der Waals surface area contributed by atoms with Gasteiger partial charge in [-0.15, -0.1) is 0 Å². The highest BCUT2D eigenvalue weighted by Crippen LogP contribution is 2.25. The summed E-state index contributed by atoms with van der Waals surface area (Å²) in [5.74, 6) is -0.970. The molecule has 1 aliphatic heterocycles. The molecule has 130 valence electrons. The second-order valence-electron chi connectivity index (χ2n) is 5.77. The lowest BCUT2D eigenvalue weighted by Crippen LogP contribution is -2.30. The van der Waals surface area contributed by atoms with Crippen LogP contribution in [0, 0.1) is 0 Å². The minimum atomic E-state index is -3.63. The maximum absolute atomic E-state index is 12.3. The Labute approximate surface area is 146 Å². The van der Waals surface area contributed by atoms with Crippen LogP contribution in [-0.4, -0.2) is 32.5 Å². The van der Waals surface area contributed by atoms with Crippen molar-refractivity contribution in [3.8, 4) is 0 Å². The first-order chi connectivity index (χ1) is 12.0. The van der Waals surface area contributed by atoms with Crippen molar-refractivity contribution in [2.24, 2.45) is 0 Å². The lowest BCUT2D eigenvalue weighted by atomic mass is 10.1. The van der Waals surface area contributed by atoms with E-state index in [1.807, 2.05) is 30.3 Å². The van der Waals surface area contributed by atoms with Crippen LogP contribution in [0.25, 0.3) is 0 Å². The van der Waals surface area contributed by atoms with Gasteiger partial charge in [0.15, 0.2) is 0 Å². The number of amides is 2. The van der Waals surface area contributed by atoms with E-state index in [9.17, 15) is 18.0 Å². The highest BCUT2D eigenvalue weighted by molar-refractivity contribution is 7.94. The first-order valence-corrected chi connectivity index (χ1v) is 9.56. The van der Waals surface area contributed by atoms with E-state index in [2.05, 4.69) is 5.32 Å². The van der Waals surface area contributed by atoms with Gasteiger partial charge in [0.2, 0.25) is 15.9 Å². The van der Waals surface area contributed by atoms with E-state index in [0.29, 0.717) is 18.5 Å². The van der Waals surface area contributed by atoms with Gasteiger partial charge in [-0.3, -0.25) is 9.59 Å². The SMILES string of the molecule is O=C(NCCc1ccccc1)c1cccc(N2C(=O)CCS2(=O)=O)c1. The fourth-order valence-electron chi connectivity index (χ4n) is 2.71. The van der Waals surface area contributed by atoms with Gasteiger partial charge in [-0.05, 0) is 30.2 Å². The van der Waals surface area contributed by atoms with Crippen LogP contribution >= 0.6 is 0 Å². The van der Waals surface area contributed by atoms with Gasteiger partial charge in [-0.1, -0.05) is 36.4 Å². The number of sulfonamides is 1. The molecule has 1 aliphatic rings. The average Bonchev–Trinajstić information content (AvgIpc) is 2.88. The van der Waals surface area contributed by atoms with Crippen LogP contribution in [0.3, 0.4) is 0 Å². The Morgan fingerprint density at radius 1 is 1.08 bits per heavy atom. The van der Waals surface area contributed by atoms with Crippen LogP contribution in [0.2, 0.25) is 0 Å². The van der Waals surface area contributed by atoms with E-state index in [-0.39, 0.29) is 23.8 Å². The second kappa shape index (κ2) is 7.06. The van der Waals surface area contributed by atoms with Crippen molar-refractivity contribution in [2.75, 3.05) is 16.6 Å². The van der Waals surface area contributed by atoms with E-state index in [0.717, 1.165) is 9.87 Å². The summed E-state index contributed by atoms with van der Waals surface area (Å²) in [5.41, 5.74) is 1.64. The fourth-order valence-corrected chi connectivity index (χ4v) is 4.16. The summed E-state index contributed by atoms with van der Waals surface area (Å²) < 4.78 is 24.8. The molecule has 0 spiro atoms. The molecule has 0 saturated carbocycles. The lowest BCUT2D eigenvalue weighted by molar-refractivity contribution is -0.116. The predicted octanol–water partition coefficient (Wildman–Crippen LogP) is 1.73. The molecular weight excluding hydrogens is 340 g/mol. The van der Waals surface area contributed by atoms with Crippen LogP contribution in [0.5, 0.6) is 0 Å². The Morgan fingerprint density at radius 3 is 2.52 bits per heavy atom. The topological polar surface area (TPSA) is 83.6 Å². The third kappa shape index (κ3) is 3.88. The first-order valence-electron chi connectivity index (χ1n) is 7.95. The van der Waals surface area contributed by atoms with Gasteiger partial charge in [0.1, 0.15) is 0 Å². The Bertz CT molecular complexity index is 894. The largest absolute Gasteiger partial charge is 0.352 e. The van der Waals surface area contributed by atoms with Crippen LogP contribution < -0.4 is 9.62 Å². The number of benzene rings is 2. The minimum absolute atomic E-state index is 0.0319. The Balaban J connectivity index is 1.69. The molecule has 1 heterocycles. The average molecular weight is 358 g/mol. The number of nitrogens with zero attached hydrogens (tertiary/aromatic N) is 1. The molecule has 25 heavy (non-hydrogen) atoms. The fraction of sp³-hybridized carbons (Fsp3) is 0.222. The molecule has 1 fully saturated rings. The molecule has 0 aliphatic carbocycles. The monoisotopic (exact) mass is 358 g/mol. The zero-order valence-corrected chi connectivity index (χ0v) is 14.3. The number of carbonyl (C=O) groups is 2. The zero-order chi connectivity index (χ0) is 17.9.